The third kappa shape index (κ3) is 3.74. The number of carbonyl (C=O) groups excluding carboxylic acids is 2. The van der Waals surface area contributed by atoms with Crippen molar-refractivity contribution in [3.8, 4) is 11.1 Å². The molecule has 0 atom stereocenters. The monoisotopic (exact) mass is 392 g/mol. The Morgan fingerprint density at radius 3 is 2.46 bits per heavy atom. The quantitative estimate of drug-likeness (QED) is 0.354. The first-order chi connectivity index (χ1) is 13.4. The van der Waals surface area contributed by atoms with Crippen molar-refractivity contribution in [2.45, 2.75) is 0 Å². The third-order valence-electron chi connectivity index (χ3n) is 4.20. The molecule has 2 N–H and O–H groups in total. The van der Waals surface area contributed by atoms with Crippen LogP contribution in [0.5, 0.6) is 0 Å². The van der Waals surface area contributed by atoms with Gasteiger partial charge in [0.15, 0.2) is 5.11 Å². The van der Waals surface area contributed by atoms with Crippen LogP contribution in [0.25, 0.3) is 17.2 Å². The molecule has 0 unspecified atom stereocenters. The first-order valence-corrected chi connectivity index (χ1v) is 8.75. The Kier molecular flexibility index (Phi) is 5.47. The first kappa shape index (κ1) is 19.2. The minimum absolute atomic E-state index is 0.0370. The van der Waals surface area contributed by atoms with E-state index in [9.17, 15) is 14.4 Å². The lowest BCUT2D eigenvalue weighted by Crippen LogP contribution is -2.53. The number of nitrogens with zero attached hydrogens (tertiary/aromatic N) is 1. The maximum Gasteiger partial charge on any atom is 0.335 e. The number of benzene rings is 2. The molecule has 2 amide bonds. The molecule has 1 aliphatic heterocycles. The van der Waals surface area contributed by atoms with Crippen LogP contribution >= 0.6 is 12.2 Å². The molecule has 1 heterocycles. The molecular formula is C21H16N2O4S. The van der Waals surface area contributed by atoms with Crippen LogP contribution in [0.1, 0.15) is 15.9 Å². The zero-order valence-electron chi connectivity index (χ0n) is 14.7. The van der Waals surface area contributed by atoms with Gasteiger partial charge in [-0.05, 0) is 47.1 Å². The van der Waals surface area contributed by atoms with Gasteiger partial charge in [-0.1, -0.05) is 42.5 Å². The van der Waals surface area contributed by atoms with Gasteiger partial charge in [0.2, 0.25) is 0 Å². The van der Waals surface area contributed by atoms with Crippen LogP contribution in [0.2, 0.25) is 0 Å². The number of hydrogen-bond acceptors (Lipinski definition) is 4. The van der Waals surface area contributed by atoms with Crippen molar-refractivity contribution in [2.24, 2.45) is 0 Å². The van der Waals surface area contributed by atoms with Crippen LogP contribution in [-0.4, -0.2) is 39.4 Å². The van der Waals surface area contributed by atoms with Crippen LogP contribution in [0.3, 0.4) is 0 Å². The summed E-state index contributed by atoms with van der Waals surface area (Å²) in [5.74, 6) is -2.07. The highest BCUT2D eigenvalue weighted by molar-refractivity contribution is 7.80. The van der Waals surface area contributed by atoms with Gasteiger partial charge in [0.05, 0.1) is 5.56 Å². The van der Waals surface area contributed by atoms with Crippen molar-refractivity contribution in [1.29, 1.82) is 0 Å². The SMILES string of the molecule is C=CCN1C(=O)/C(=C/c2ccccc2-c2ccc(C(=O)O)cc2)C(=O)NC1=S. The van der Waals surface area contributed by atoms with Crippen LogP contribution in [0.15, 0.2) is 66.8 Å². The third-order valence-corrected chi connectivity index (χ3v) is 4.52. The Hall–Kier alpha value is -3.58. The van der Waals surface area contributed by atoms with Crippen molar-refractivity contribution in [2.75, 3.05) is 6.54 Å². The number of carboxylic acid groups (broad SMARTS) is 1. The van der Waals surface area contributed by atoms with Crippen molar-refractivity contribution in [3.05, 3.63) is 77.9 Å². The molecule has 1 aliphatic rings. The maximum absolute atomic E-state index is 12.7. The van der Waals surface area contributed by atoms with E-state index < -0.39 is 17.8 Å². The summed E-state index contributed by atoms with van der Waals surface area (Å²) < 4.78 is 0. The number of nitrogens with one attached hydrogen (secondary N) is 1. The second-order valence-corrected chi connectivity index (χ2v) is 6.38. The highest BCUT2D eigenvalue weighted by atomic mass is 32.1. The average Bonchev–Trinajstić information content (AvgIpc) is 2.69. The molecule has 0 bridgehead atoms. The molecule has 0 saturated carbocycles. The number of hydrogen-bond donors (Lipinski definition) is 2. The van der Waals surface area contributed by atoms with Gasteiger partial charge in [0, 0.05) is 6.54 Å². The standard InChI is InChI=1S/C21H16N2O4S/c1-2-11-23-19(25)17(18(24)22-21(23)28)12-15-5-3-4-6-16(15)13-7-9-14(10-8-13)20(26)27/h2-10,12H,1,11H2,(H,26,27)(H,22,24,28)/b17-12+. The van der Waals surface area contributed by atoms with Gasteiger partial charge in [0.25, 0.3) is 11.8 Å². The topological polar surface area (TPSA) is 86.7 Å². The molecule has 2 aromatic carbocycles. The molecule has 1 saturated heterocycles. The van der Waals surface area contributed by atoms with Crippen molar-refractivity contribution in [3.63, 3.8) is 0 Å². The number of aromatic carboxylic acids is 1. The summed E-state index contributed by atoms with van der Waals surface area (Å²) in [5.41, 5.74) is 2.31. The predicted molar refractivity (Wildman–Crippen MR) is 109 cm³/mol. The molecule has 28 heavy (non-hydrogen) atoms. The zero-order chi connectivity index (χ0) is 20.3. The maximum atomic E-state index is 12.7. The summed E-state index contributed by atoms with van der Waals surface area (Å²) >= 11 is 5.05. The van der Waals surface area contributed by atoms with Gasteiger partial charge in [0.1, 0.15) is 5.57 Å². The Balaban J connectivity index is 2.03. The van der Waals surface area contributed by atoms with E-state index in [4.69, 9.17) is 17.3 Å². The van der Waals surface area contributed by atoms with Crippen molar-refractivity contribution >= 4 is 41.2 Å². The summed E-state index contributed by atoms with van der Waals surface area (Å²) in [6, 6.07) is 13.6. The summed E-state index contributed by atoms with van der Waals surface area (Å²) in [6.45, 7) is 3.79. The smallest absolute Gasteiger partial charge is 0.335 e. The van der Waals surface area contributed by atoms with E-state index in [2.05, 4.69) is 11.9 Å². The van der Waals surface area contributed by atoms with Gasteiger partial charge < -0.3 is 5.11 Å². The molecule has 6 nitrogen and oxygen atoms in total. The van der Waals surface area contributed by atoms with E-state index >= 15 is 0 Å². The lowest BCUT2D eigenvalue weighted by molar-refractivity contribution is -0.128. The van der Waals surface area contributed by atoms with Gasteiger partial charge in [-0.15, -0.1) is 6.58 Å². The Morgan fingerprint density at radius 2 is 1.82 bits per heavy atom. The lowest BCUT2D eigenvalue weighted by Gasteiger charge is -2.27. The fraction of sp³-hybridized carbons (Fsp3) is 0.0476. The summed E-state index contributed by atoms with van der Waals surface area (Å²) in [4.78, 5) is 37.3. The number of carbonyl (C=O) groups is 3. The van der Waals surface area contributed by atoms with Gasteiger partial charge in [-0.25, -0.2) is 4.79 Å². The highest BCUT2D eigenvalue weighted by Gasteiger charge is 2.32. The highest BCUT2D eigenvalue weighted by Crippen LogP contribution is 2.27. The Morgan fingerprint density at radius 1 is 1.14 bits per heavy atom. The van der Waals surface area contributed by atoms with Crippen LogP contribution in [0, 0.1) is 0 Å². The molecule has 0 aromatic heterocycles. The van der Waals surface area contributed by atoms with Crippen molar-refractivity contribution in [1.82, 2.24) is 10.2 Å². The summed E-state index contributed by atoms with van der Waals surface area (Å²) in [7, 11) is 0. The van der Waals surface area contributed by atoms with Crippen LogP contribution in [-0.2, 0) is 9.59 Å². The molecule has 0 aliphatic carbocycles. The zero-order valence-corrected chi connectivity index (χ0v) is 15.5. The number of thiocarbonyl (C=S) groups is 1. The Labute approximate surface area is 166 Å². The van der Waals surface area contributed by atoms with Crippen LogP contribution < -0.4 is 5.32 Å². The summed E-state index contributed by atoms with van der Waals surface area (Å²) in [5, 5.41) is 11.6. The number of rotatable bonds is 5. The predicted octanol–water partition coefficient (Wildman–Crippen LogP) is 2.86. The molecule has 0 spiro atoms. The van der Waals surface area contributed by atoms with Gasteiger partial charge >= 0.3 is 5.97 Å². The van der Waals surface area contributed by atoms with E-state index in [-0.39, 0.29) is 22.8 Å². The Bertz CT molecular complexity index is 1020. The average molecular weight is 392 g/mol. The lowest BCUT2D eigenvalue weighted by atomic mass is 9.96. The molecule has 7 heteroatoms. The van der Waals surface area contributed by atoms with E-state index in [1.807, 2.05) is 12.1 Å². The van der Waals surface area contributed by atoms with E-state index in [1.54, 1.807) is 24.3 Å². The summed E-state index contributed by atoms with van der Waals surface area (Å²) in [6.07, 6.45) is 3.03. The second kappa shape index (κ2) is 7.98. The molecule has 2 aromatic rings. The normalized spacial score (nSPS) is 15.5. The molecule has 140 valence electrons. The molecule has 0 radical (unpaired) electrons. The molecular weight excluding hydrogens is 376 g/mol. The van der Waals surface area contributed by atoms with Crippen LogP contribution in [0.4, 0.5) is 0 Å². The van der Waals surface area contributed by atoms with Crippen molar-refractivity contribution < 1.29 is 19.5 Å². The largest absolute Gasteiger partial charge is 0.478 e. The molecule has 1 fully saturated rings. The fourth-order valence-electron chi connectivity index (χ4n) is 2.82. The van der Waals surface area contributed by atoms with Gasteiger partial charge in [-0.2, -0.15) is 0 Å². The second-order valence-electron chi connectivity index (χ2n) is 5.99. The van der Waals surface area contributed by atoms with Gasteiger partial charge in [-0.3, -0.25) is 19.8 Å². The minimum Gasteiger partial charge on any atom is -0.478 e. The van der Waals surface area contributed by atoms with E-state index in [1.165, 1.54) is 29.2 Å². The molecule has 3 rings (SSSR count). The number of amides is 2. The fourth-order valence-corrected chi connectivity index (χ4v) is 3.07. The van der Waals surface area contributed by atoms with E-state index in [0.717, 1.165) is 11.1 Å². The number of carboxylic acids is 1. The van der Waals surface area contributed by atoms with E-state index in [0.29, 0.717) is 5.56 Å². The minimum atomic E-state index is -1.01. The first-order valence-electron chi connectivity index (χ1n) is 8.35.